The smallest absolute Gasteiger partial charge is 0.268 e. The summed E-state index contributed by atoms with van der Waals surface area (Å²) in [6.07, 6.45) is 3.42. The van der Waals surface area contributed by atoms with Crippen molar-refractivity contribution in [3.05, 3.63) is 36.3 Å². The van der Waals surface area contributed by atoms with Gasteiger partial charge in [-0.3, -0.25) is 4.79 Å². The number of fused-ring (bicyclic) bond motifs is 1. The van der Waals surface area contributed by atoms with E-state index in [9.17, 15) is 4.79 Å². The van der Waals surface area contributed by atoms with Gasteiger partial charge in [-0.1, -0.05) is 6.07 Å². The molecule has 14 heavy (non-hydrogen) atoms. The van der Waals surface area contributed by atoms with Gasteiger partial charge in [-0.2, -0.15) is 0 Å². The van der Waals surface area contributed by atoms with Crippen LogP contribution in [0.3, 0.4) is 0 Å². The van der Waals surface area contributed by atoms with Crippen LogP contribution in [0.15, 0.2) is 30.6 Å². The summed E-state index contributed by atoms with van der Waals surface area (Å²) < 4.78 is 1.75. The van der Waals surface area contributed by atoms with Crippen LogP contribution in [0.5, 0.6) is 0 Å². The maximum atomic E-state index is 10.7. The highest BCUT2D eigenvalue weighted by atomic mass is 35.5. The summed E-state index contributed by atoms with van der Waals surface area (Å²) in [5.41, 5.74) is 6.08. The standard InChI is InChI=1S/C8H7N3O.2ClH/c9-8(12)6-5-11-4-2-1-3-7(11)10-6;;/h1-5H,(H2,9,12);2*1H. The van der Waals surface area contributed by atoms with Gasteiger partial charge in [-0.25, -0.2) is 4.98 Å². The van der Waals surface area contributed by atoms with E-state index in [0.29, 0.717) is 5.69 Å². The molecule has 1 amide bonds. The van der Waals surface area contributed by atoms with Crippen LogP contribution >= 0.6 is 24.8 Å². The Bertz CT molecular complexity index is 408. The number of rotatable bonds is 1. The van der Waals surface area contributed by atoms with Gasteiger partial charge in [-0.15, -0.1) is 24.8 Å². The van der Waals surface area contributed by atoms with Gasteiger partial charge in [0.1, 0.15) is 11.3 Å². The Morgan fingerprint density at radius 2 is 2.07 bits per heavy atom. The lowest BCUT2D eigenvalue weighted by Crippen LogP contribution is -2.10. The number of nitrogens with two attached hydrogens (primary N) is 1. The van der Waals surface area contributed by atoms with Gasteiger partial charge in [0, 0.05) is 12.4 Å². The number of primary amides is 1. The Morgan fingerprint density at radius 3 is 2.64 bits per heavy atom. The van der Waals surface area contributed by atoms with Crippen molar-refractivity contribution >= 4 is 36.4 Å². The zero-order valence-corrected chi connectivity index (χ0v) is 8.72. The molecule has 0 saturated heterocycles. The molecule has 0 unspecified atom stereocenters. The third kappa shape index (κ3) is 2.16. The van der Waals surface area contributed by atoms with Crippen LogP contribution < -0.4 is 5.73 Å². The molecule has 2 rings (SSSR count). The number of imidazole rings is 1. The van der Waals surface area contributed by atoms with E-state index in [1.165, 1.54) is 0 Å². The number of nitrogens with zero attached hydrogens (tertiary/aromatic N) is 2. The Labute approximate surface area is 92.9 Å². The van der Waals surface area contributed by atoms with Gasteiger partial charge >= 0.3 is 0 Å². The van der Waals surface area contributed by atoms with E-state index < -0.39 is 5.91 Å². The predicted molar refractivity (Wildman–Crippen MR) is 58.2 cm³/mol. The second-order valence-corrected chi connectivity index (χ2v) is 2.46. The number of carbonyl (C=O) groups is 1. The first kappa shape index (κ1) is 12.7. The van der Waals surface area contributed by atoms with E-state index in [2.05, 4.69) is 4.98 Å². The van der Waals surface area contributed by atoms with Crippen LogP contribution in [-0.4, -0.2) is 15.3 Å². The van der Waals surface area contributed by atoms with Gasteiger partial charge in [-0.05, 0) is 12.1 Å². The maximum absolute atomic E-state index is 10.7. The topological polar surface area (TPSA) is 60.4 Å². The van der Waals surface area contributed by atoms with E-state index in [-0.39, 0.29) is 24.8 Å². The van der Waals surface area contributed by atoms with Crippen LogP contribution in [-0.2, 0) is 0 Å². The molecule has 76 valence electrons. The Kier molecular flexibility index (Phi) is 4.40. The normalized spacial score (nSPS) is 8.86. The summed E-state index contributed by atoms with van der Waals surface area (Å²) >= 11 is 0. The SMILES string of the molecule is Cl.Cl.NC(=O)c1cn2ccccc2n1. The number of aromatic nitrogens is 2. The molecule has 0 radical (unpaired) electrons. The van der Waals surface area contributed by atoms with Crippen molar-refractivity contribution in [2.45, 2.75) is 0 Å². The molecule has 0 saturated carbocycles. The molecule has 2 aromatic heterocycles. The molecular formula is C8H9Cl2N3O. The number of carbonyl (C=O) groups excluding carboxylic acids is 1. The van der Waals surface area contributed by atoms with Crippen molar-refractivity contribution in [3.8, 4) is 0 Å². The van der Waals surface area contributed by atoms with Crippen LogP contribution in [0.4, 0.5) is 0 Å². The number of pyridine rings is 1. The highest BCUT2D eigenvalue weighted by Gasteiger charge is 2.04. The molecule has 0 bridgehead atoms. The molecule has 0 atom stereocenters. The minimum atomic E-state index is -0.501. The van der Waals surface area contributed by atoms with Crippen LogP contribution in [0, 0.1) is 0 Å². The summed E-state index contributed by atoms with van der Waals surface area (Å²) in [6.45, 7) is 0. The molecule has 2 aromatic rings. The highest BCUT2D eigenvalue weighted by Crippen LogP contribution is 2.02. The lowest BCUT2D eigenvalue weighted by atomic mass is 10.5. The molecule has 0 aromatic carbocycles. The minimum Gasteiger partial charge on any atom is -0.364 e. The van der Waals surface area contributed by atoms with Crippen molar-refractivity contribution in [1.82, 2.24) is 9.38 Å². The lowest BCUT2D eigenvalue weighted by molar-refractivity contribution is 0.0996. The fraction of sp³-hybridized carbons (Fsp3) is 0. The molecule has 6 heteroatoms. The van der Waals surface area contributed by atoms with Crippen molar-refractivity contribution in [1.29, 1.82) is 0 Å². The quantitative estimate of drug-likeness (QED) is 0.807. The molecule has 0 aliphatic carbocycles. The summed E-state index contributed by atoms with van der Waals surface area (Å²) in [5, 5.41) is 0. The third-order valence-corrected chi connectivity index (χ3v) is 1.62. The Balaban J connectivity index is 0.000000845. The predicted octanol–water partition coefficient (Wildman–Crippen LogP) is 1.28. The van der Waals surface area contributed by atoms with Crippen LogP contribution in [0.1, 0.15) is 10.5 Å². The van der Waals surface area contributed by atoms with E-state index in [1.807, 2.05) is 24.4 Å². The number of hydrogen-bond donors (Lipinski definition) is 1. The van der Waals surface area contributed by atoms with Gasteiger partial charge in [0.2, 0.25) is 0 Å². The molecule has 2 N–H and O–H groups in total. The summed E-state index contributed by atoms with van der Waals surface area (Å²) in [6, 6.07) is 5.53. The molecule has 4 nitrogen and oxygen atoms in total. The summed E-state index contributed by atoms with van der Waals surface area (Å²) in [7, 11) is 0. The maximum Gasteiger partial charge on any atom is 0.268 e. The van der Waals surface area contributed by atoms with Crippen molar-refractivity contribution in [2.24, 2.45) is 5.73 Å². The zero-order valence-electron chi connectivity index (χ0n) is 7.08. The summed E-state index contributed by atoms with van der Waals surface area (Å²) in [4.78, 5) is 14.7. The number of halogens is 2. The molecule has 0 spiro atoms. The van der Waals surface area contributed by atoms with E-state index in [4.69, 9.17) is 5.73 Å². The molecule has 0 aliphatic rings. The Hall–Kier alpha value is -1.26. The minimum absolute atomic E-state index is 0. The third-order valence-electron chi connectivity index (χ3n) is 1.62. The van der Waals surface area contributed by atoms with Crippen molar-refractivity contribution in [3.63, 3.8) is 0 Å². The second-order valence-electron chi connectivity index (χ2n) is 2.46. The average molecular weight is 234 g/mol. The number of amides is 1. The van der Waals surface area contributed by atoms with Gasteiger partial charge in [0.15, 0.2) is 0 Å². The van der Waals surface area contributed by atoms with E-state index >= 15 is 0 Å². The monoisotopic (exact) mass is 233 g/mol. The summed E-state index contributed by atoms with van der Waals surface area (Å²) in [5.74, 6) is -0.501. The average Bonchev–Trinajstić information content (AvgIpc) is 2.46. The van der Waals surface area contributed by atoms with Gasteiger partial charge < -0.3 is 10.1 Å². The largest absolute Gasteiger partial charge is 0.364 e. The first-order chi connectivity index (χ1) is 5.77. The zero-order chi connectivity index (χ0) is 8.55. The fourth-order valence-corrected chi connectivity index (χ4v) is 1.05. The van der Waals surface area contributed by atoms with E-state index in [0.717, 1.165) is 5.65 Å². The van der Waals surface area contributed by atoms with Gasteiger partial charge in [0.25, 0.3) is 5.91 Å². The fourth-order valence-electron chi connectivity index (χ4n) is 1.05. The van der Waals surface area contributed by atoms with Crippen molar-refractivity contribution < 1.29 is 4.79 Å². The van der Waals surface area contributed by atoms with Crippen molar-refractivity contribution in [2.75, 3.05) is 0 Å². The molecule has 0 aliphatic heterocycles. The molecular weight excluding hydrogens is 225 g/mol. The number of hydrogen-bond acceptors (Lipinski definition) is 2. The van der Waals surface area contributed by atoms with Crippen LogP contribution in [0.2, 0.25) is 0 Å². The lowest BCUT2D eigenvalue weighted by Gasteiger charge is -1.86. The second kappa shape index (κ2) is 4.83. The first-order valence-electron chi connectivity index (χ1n) is 3.51. The first-order valence-corrected chi connectivity index (χ1v) is 3.51. The van der Waals surface area contributed by atoms with E-state index in [1.54, 1.807) is 10.6 Å². The van der Waals surface area contributed by atoms with Crippen LogP contribution in [0.25, 0.3) is 5.65 Å². The van der Waals surface area contributed by atoms with Gasteiger partial charge in [0.05, 0.1) is 0 Å². The Morgan fingerprint density at radius 1 is 1.36 bits per heavy atom. The molecule has 0 fully saturated rings. The molecule has 2 heterocycles. The highest BCUT2D eigenvalue weighted by molar-refractivity contribution is 5.91.